The molecule has 4 atom stereocenters. The van der Waals surface area contributed by atoms with Gasteiger partial charge in [0.2, 0.25) is 5.96 Å². The Morgan fingerprint density at radius 2 is 2.35 bits per heavy atom. The molecule has 126 valence electrons. The molecule has 0 bridgehead atoms. The third kappa shape index (κ3) is 3.48. The number of nitrogens with zero attached hydrogens (tertiary/aromatic N) is 3. The molecule has 23 heavy (non-hydrogen) atoms. The minimum Gasteiger partial charge on any atom is -0.390 e. The molecule has 3 rings (SSSR count). The molecule has 11 nitrogen and oxygen atoms in total. The Balaban J connectivity index is 1.69. The number of hydrogen-bond acceptors (Lipinski definition) is 8. The molecule has 1 unspecified atom stereocenters. The van der Waals surface area contributed by atoms with Crippen molar-refractivity contribution in [3.63, 3.8) is 0 Å². The number of fused-ring (bicyclic) bond motifs is 1. The maximum absolute atomic E-state index is 11.7. The maximum atomic E-state index is 11.7. The molecule has 1 amide bonds. The van der Waals surface area contributed by atoms with Crippen LogP contribution in [0.3, 0.4) is 0 Å². The zero-order valence-electron chi connectivity index (χ0n) is 11.6. The molecular weight excluding hydrogens is 349 g/mol. The number of amides is 1. The van der Waals surface area contributed by atoms with Crippen LogP contribution in [0.25, 0.3) is 0 Å². The molecule has 1 saturated heterocycles. The summed E-state index contributed by atoms with van der Waals surface area (Å²) in [6.07, 6.45) is -0.872. The van der Waals surface area contributed by atoms with Crippen LogP contribution in [0.5, 0.6) is 0 Å². The van der Waals surface area contributed by atoms with E-state index in [-0.39, 0.29) is 24.8 Å². The van der Waals surface area contributed by atoms with Crippen molar-refractivity contribution in [2.24, 2.45) is 9.98 Å². The van der Waals surface area contributed by atoms with Crippen molar-refractivity contribution in [1.29, 1.82) is 5.41 Å². The SMILES string of the molecule is N=C1N=C2C(N=CN2[C@H]2C[C@@H](O)[C@@H](COP(O)(O)=S)O2)C(=O)N1. The normalized spacial score (nSPS) is 33.7. The summed E-state index contributed by atoms with van der Waals surface area (Å²) in [5, 5.41) is 19.7. The van der Waals surface area contributed by atoms with Gasteiger partial charge in [-0.3, -0.25) is 25.4 Å². The van der Waals surface area contributed by atoms with E-state index in [0.29, 0.717) is 0 Å². The molecule has 3 aliphatic heterocycles. The average Bonchev–Trinajstić information content (AvgIpc) is 2.99. The quantitative estimate of drug-likeness (QED) is 0.354. The Bertz CT molecular complexity index is 650. The largest absolute Gasteiger partial charge is 0.390 e. The van der Waals surface area contributed by atoms with Crippen molar-refractivity contribution >= 4 is 42.6 Å². The van der Waals surface area contributed by atoms with Crippen molar-refractivity contribution in [2.75, 3.05) is 6.61 Å². The van der Waals surface area contributed by atoms with E-state index in [9.17, 15) is 9.90 Å². The fraction of sp³-hybridized carbons (Fsp3) is 0.600. The second-order valence-electron chi connectivity index (χ2n) is 5.10. The highest BCUT2D eigenvalue weighted by atomic mass is 32.5. The second kappa shape index (κ2) is 5.98. The van der Waals surface area contributed by atoms with Crippen LogP contribution in [0, 0.1) is 5.41 Å². The standard InChI is InChI=1S/C10H14N5O6PS/c11-10-13-8-7(9(17)14-10)12-3-15(8)6-1-4(16)5(21-6)2-20-22(18,19)23/h3-7,16H,1-2H2,(H2,11,14,17)(H2,18,19,23)/t4-,5-,6-,7?/m1/s1. The van der Waals surface area contributed by atoms with E-state index < -0.39 is 37.1 Å². The number of hydrogen-bond donors (Lipinski definition) is 5. The lowest BCUT2D eigenvalue weighted by Gasteiger charge is -2.26. The first-order valence-corrected chi connectivity index (χ1v) is 9.20. The molecule has 0 spiro atoms. The van der Waals surface area contributed by atoms with Crippen LogP contribution < -0.4 is 5.32 Å². The maximum Gasteiger partial charge on any atom is 0.321 e. The summed E-state index contributed by atoms with van der Waals surface area (Å²) < 4.78 is 10.3. The van der Waals surface area contributed by atoms with E-state index in [1.165, 1.54) is 11.2 Å². The van der Waals surface area contributed by atoms with E-state index >= 15 is 0 Å². The molecule has 3 aliphatic rings. The Labute approximate surface area is 135 Å². The van der Waals surface area contributed by atoms with Gasteiger partial charge < -0.3 is 24.2 Å². The molecule has 0 saturated carbocycles. The minimum absolute atomic E-state index is 0.167. The molecule has 0 aliphatic carbocycles. The minimum atomic E-state index is -3.83. The second-order valence-corrected chi connectivity index (χ2v) is 7.77. The zero-order valence-corrected chi connectivity index (χ0v) is 13.3. The summed E-state index contributed by atoms with van der Waals surface area (Å²) in [5.74, 6) is -0.512. The molecule has 5 N–H and O–H groups in total. The molecule has 0 radical (unpaired) electrons. The number of guanidine groups is 1. The van der Waals surface area contributed by atoms with Crippen molar-refractivity contribution in [2.45, 2.75) is 30.9 Å². The number of amidine groups is 1. The molecule has 0 aromatic carbocycles. The highest BCUT2D eigenvalue weighted by Crippen LogP contribution is 2.38. The van der Waals surface area contributed by atoms with Crippen molar-refractivity contribution in [3.8, 4) is 0 Å². The van der Waals surface area contributed by atoms with Crippen LogP contribution in [0.15, 0.2) is 9.98 Å². The smallest absolute Gasteiger partial charge is 0.321 e. The van der Waals surface area contributed by atoms with Gasteiger partial charge in [-0.05, 0) is 11.8 Å². The highest BCUT2D eigenvalue weighted by molar-refractivity contribution is 8.06. The van der Waals surface area contributed by atoms with Crippen molar-refractivity contribution in [1.82, 2.24) is 10.2 Å². The van der Waals surface area contributed by atoms with Gasteiger partial charge in [0.05, 0.1) is 19.0 Å². The molecule has 13 heteroatoms. The molecule has 1 fully saturated rings. The summed E-state index contributed by atoms with van der Waals surface area (Å²) in [6, 6.07) is -0.846. The molecule has 0 aromatic rings. The summed E-state index contributed by atoms with van der Waals surface area (Å²) in [4.78, 5) is 39.3. The third-order valence-corrected chi connectivity index (χ3v) is 4.29. The van der Waals surface area contributed by atoms with Gasteiger partial charge in [0.25, 0.3) is 5.91 Å². The first-order chi connectivity index (χ1) is 10.7. The van der Waals surface area contributed by atoms with Crippen LogP contribution in [0.2, 0.25) is 0 Å². The number of carbonyl (C=O) groups excluding carboxylic acids is 1. The number of aliphatic imine (C=N–C) groups is 2. The fourth-order valence-electron chi connectivity index (χ4n) is 2.47. The van der Waals surface area contributed by atoms with Crippen LogP contribution in [-0.4, -0.2) is 74.9 Å². The van der Waals surface area contributed by atoms with Crippen LogP contribution in [0.1, 0.15) is 6.42 Å². The lowest BCUT2D eigenvalue weighted by molar-refractivity contribution is -0.119. The van der Waals surface area contributed by atoms with Gasteiger partial charge in [0.1, 0.15) is 12.3 Å². The number of nitrogens with one attached hydrogen (secondary N) is 2. The number of carbonyl (C=O) groups is 1. The first-order valence-electron chi connectivity index (χ1n) is 6.58. The average molecular weight is 363 g/mol. The van der Waals surface area contributed by atoms with Gasteiger partial charge in [-0.25, -0.2) is 0 Å². The number of aliphatic hydroxyl groups is 1. The topological polar surface area (TPSA) is 160 Å². The summed E-state index contributed by atoms with van der Waals surface area (Å²) in [6.45, 7) is -4.11. The van der Waals surface area contributed by atoms with E-state index in [4.69, 9.17) is 24.5 Å². The number of rotatable bonds is 4. The van der Waals surface area contributed by atoms with Crippen molar-refractivity contribution < 1.29 is 28.9 Å². The fourth-order valence-corrected chi connectivity index (χ4v) is 2.99. The van der Waals surface area contributed by atoms with Gasteiger partial charge in [-0.15, -0.1) is 0 Å². The van der Waals surface area contributed by atoms with Gasteiger partial charge in [0.15, 0.2) is 11.9 Å². The van der Waals surface area contributed by atoms with E-state index in [1.54, 1.807) is 0 Å². The third-order valence-electron chi connectivity index (χ3n) is 3.49. The molecular formula is C10H14N5O6PS. The Hall–Kier alpha value is -1.27. The van der Waals surface area contributed by atoms with E-state index in [1.807, 2.05) is 0 Å². The number of ether oxygens (including phenoxy) is 1. The predicted molar refractivity (Wildman–Crippen MR) is 81.4 cm³/mol. The summed E-state index contributed by atoms with van der Waals surface area (Å²) in [5.41, 5.74) is 0. The van der Waals surface area contributed by atoms with Gasteiger partial charge >= 0.3 is 6.72 Å². The Morgan fingerprint density at radius 1 is 1.61 bits per heavy atom. The first kappa shape index (κ1) is 16.6. The highest BCUT2D eigenvalue weighted by Gasteiger charge is 2.44. The van der Waals surface area contributed by atoms with Crippen molar-refractivity contribution in [3.05, 3.63) is 0 Å². The summed E-state index contributed by atoms with van der Waals surface area (Å²) >= 11 is 4.34. The monoisotopic (exact) mass is 363 g/mol. The number of aliphatic hydroxyl groups excluding tert-OH is 1. The van der Waals surface area contributed by atoms with Crippen LogP contribution >= 0.6 is 6.72 Å². The molecule has 3 heterocycles. The van der Waals surface area contributed by atoms with E-state index in [0.717, 1.165) is 0 Å². The zero-order chi connectivity index (χ0) is 16.8. The van der Waals surface area contributed by atoms with Gasteiger partial charge in [-0.2, -0.15) is 4.99 Å². The Morgan fingerprint density at radius 3 is 3.04 bits per heavy atom. The van der Waals surface area contributed by atoms with Crippen LogP contribution in [0.4, 0.5) is 0 Å². The predicted octanol–water partition coefficient (Wildman–Crippen LogP) is -2.14. The summed E-state index contributed by atoms with van der Waals surface area (Å²) in [7, 11) is 0. The van der Waals surface area contributed by atoms with Gasteiger partial charge in [0, 0.05) is 6.42 Å². The van der Waals surface area contributed by atoms with Crippen LogP contribution in [-0.2, 0) is 25.9 Å². The van der Waals surface area contributed by atoms with Gasteiger partial charge in [-0.1, -0.05) is 0 Å². The van der Waals surface area contributed by atoms with E-state index in [2.05, 4.69) is 27.1 Å². The lowest BCUT2D eigenvalue weighted by atomic mass is 10.1. The molecule has 0 aromatic heterocycles. The lowest BCUT2D eigenvalue weighted by Crippen LogP contribution is -2.50. The Kier molecular flexibility index (Phi) is 4.31.